The van der Waals surface area contributed by atoms with E-state index in [1.807, 2.05) is 30.5 Å². The second kappa shape index (κ2) is 5.85. The SMILES string of the molecule is CC(C)(NC(=O)C1C[C@H]2CNC[C@H]2C1)c1ccnc2ccccc12. The molecule has 0 bridgehead atoms. The van der Waals surface area contributed by atoms with Crippen LogP contribution in [-0.2, 0) is 10.3 Å². The third-order valence-corrected chi connectivity index (χ3v) is 5.78. The fourth-order valence-electron chi connectivity index (χ4n) is 4.50. The molecule has 2 fully saturated rings. The molecule has 1 aliphatic heterocycles. The maximum atomic E-state index is 12.9. The van der Waals surface area contributed by atoms with Crippen LogP contribution in [0.3, 0.4) is 0 Å². The van der Waals surface area contributed by atoms with Crippen molar-refractivity contribution >= 4 is 16.8 Å². The third kappa shape index (κ3) is 2.69. The number of carbonyl (C=O) groups excluding carboxylic acids is 1. The number of amides is 1. The lowest BCUT2D eigenvalue weighted by atomic mass is 9.90. The highest BCUT2D eigenvalue weighted by Gasteiger charge is 2.41. The van der Waals surface area contributed by atoms with E-state index < -0.39 is 5.54 Å². The van der Waals surface area contributed by atoms with Crippen molar-refractivity contribution < 1.29 is 4.79 Å². The van der Waals surface area contributed by atoms with Gasteiger partial charge in [-0.25, -0.2) is 0 Å². The van der Waals surface area contributed by atoms with Crippen LogP contribution >= 0.6 is 0 Å². The second-order valence-electron chi connectivity index (χ2n) is 7.84. The Bertz CT molecular complexity index is 753. The Morgan fingerprint density at radius 3 is 2.62 bits per heavy atom. The van der Waals surface area contributed by atoms with Gasteiger partial charge in [-0.05, 0) is 69.3 Å². The number of para-hydroxylation sites is 1. The summed E-state index contributed by atoms with van der Waals surface area (Å²) >= 11 is 0. The van der Waals surface area contributed by atoms with Crippen LogP contribution in [0.2, 0.25) is 0 Å². The van der Waals surface area contributed by atoms with E-state index >= 15 is 0 Å². The van der Waals surface area contributed by atoms with Crippen LogP contribution < -0.4 is 10.6 Å². The molecular weight excluding hydrogens is 298 g/mol. The molecule has 126 valence electrons. The van der Waals surface area contributed by atoms with Crippen LogP contribution in [0.4, 0.5) is 0 Å². The summed E-state index contributed by atoms with van der Waals surface area (Å²) in [7, 11) is 0. The molecule has 2 aromatic rings. The summed E-state index contributed by atoms with van der Waals surface area (Å²) in [6, 6.07) is 10.1. The summed E-state index contributed by atoms with van der Waals surface area (Å²) < 4.78 is 0. The molecular formula is C20H25N3O. The van der Waals surface area contributed by atoms with Crippen molar-refractivity contribution in [3.8, 4) is 0 Å². The average molecular weight is 323 g/mol. The van der Waals surface area contributed by atoms with Crippen molar-refractivity contribution in [1.29, 1.82) is 0 Å². The summed E-state index contributed by atoms with van der Waals surface area (Å²) in [6.07, 6.45) is 3.88. The van der Waals surface area contributed by atoms with E-state index in [1.165, 1.54) is 0 Å². The minimum atomic E-state index is -0.407. The molecule has 24 heavy (non-hydrogen) atoms. The van der Waals surface area contributed by atoms with Gasteiger partial charge in [0.1, 0.15) is 0 Å². The van der Waals surface area contributed by atoms with Crippen molar-refractivity contribution in [1.82, 2.24) is 15.6 Å². The van der Waals surface area contributed by atoms with Gasteiger partial charge in [-0.15, -0.1) is 0 Å². The number of hydrogen-bond donors (Lipinski definition) is 2. The molecule has 0 radical (unpaired) electrons. The minimum Gasteiger partial charge on any atom is -0.347 e. The lowest BCUT2D eigenvalue weighted by Crippen LogP contribution is -2.44. The number of nitrogens with zero attached hydrogens (tertiary/aromatic N) is 1. The van der Waals surface area contributed by atoms with E-state index in [0.717, 1.165) is 42.4 Å². The van der Waals surface area contributed by atoms with E-state index in [1.54, 1.807) is 0 Å². The van der Waals surface area contributed by atoms with Crippen LogP contribution in [0, 0.1) is 17.8 Å². The topological polar surface area (TPSA) is 54.0 Å². The Labute approximate surface area is 143 Å². The van der Waals surface area contributed by atoms with Crippen LogP contribution in [-0.4, -0.2) is 24.0 Å². The number of aromatic nitrogens is 1. The average Bonchev–Trinajstić information content (AvgIpc) is 3.15. The predicted octanol–water partition coefficient (Wildman–Crippen LogP) is 2.83. The highest BCUT2D eigenvalue weighted by Crippen LogP contribution is 2.39. The Balaban J connectivity index is 1.55. The minimum absolute atomic E-state index is 0.162. The molecule has 1 aromatic heterocycles. The molecule has 0 spiro atoms. The molecule has 1 amide bonds. The molecule has 4 heteroatoms. The van der Waals surface area contributed by atoms with Gasteiger partial charge in [-0.2, -0.15) is 0 Å². The maximum absolute atomic E-state index is 12.9. The Hall–Kier alpha value is -1.94. The zero-order chi connectivity index (χ0) is 16.7. The molecule has 1 aromatic carbocycles. The fraction of sp³-hybridized carbons (Fsp3) is 0.500. The van der Waals surface area contributed by atoms with Gasteiger partial charge in [-0.1, -0.05) is 18.2 Å². The molecule has 1 saturated carbocycles. The van der Waals surface area contributed by atoms with Gasteiger partial charge in [0.15, 0.2) is 0 Å². The van der Waals surface area contributed by atoms with E-state index in [0.29, 0.717) is 11.8 Å². The number of benzene rings is 1. The van der Waals surface area contributed by atoms with Gasteiger partial charge >= 0.3 is 0 Å². The van der Waals surface area contributed by atoms with Crippen molar-refractivity contribution in [3.05, 3.63) is 42.1 Å². The zero-order valence-electron chi connectivity index (χ0n) is 14.4. The Morgan fingerprint density at radius 2 is 1.88 bits per heavy atom. The molecule has 4 nitrogen and oxygen atoms in total. The van der Waals surface area contributed by atoms with Crippen LogP contribution in [0.1, 0.15) is 32.3 Å². The summed E-state index contributed by atoms with van der Waals surface area (Å²) in [5, 5.41) is 7.86. The van der Waals surface area contributed by atoms with Crippen LogP contribution in [0.5, 0.6) is 0 Å². The van der Waals surface area contributed by atoms with Crippen molar-refractivity contribution in [2.45, 2.75) is 32.2 Å². The first-order chi connectivity index (χ1) is 11.5. The number of fused-ring (bicyclic) bond motifs is 2. The van der Waals surface area contributed by atoms with Gasteiger partial charge < -0.3 is 10.6 Å². The predicted molar refractivity (Wildman–Crippen MR) is 95.5 cm³/mol. The maximum Gasteiger partial charge on any atom is 0.223 e. The number of hydrogen-bond acceptors (Lipinski definition) is 3. The van der Waals surface area contributed by atoms with E-state index in [2.05, 4.69) is 35.5 Å². The summed E-state index contributed by atoms with van der Waals surface area (Å²) in [6.45, 7) is 6.33. The third-order valence-electron chi connectivity index (χ3n) is 5.78. The van der Waals surface area contributed by atoms with Crippen molar-refractivity contribution in [3.63, 3.8) is 0 Å². The van der Waals surface area contributed by atoms with E-state index in [9.17, 15) is 4.79 Å². The Kier molecular flexibility index (Phi) is 3.80. The first-order valence-electron chi connectivity index (χ1n) is 8.91. The number of carbonyl (C=O) groups is 1. The number of pyridine rings is 1. The first kappa shape index (κ1) is 15.6. The van der Waals surface area contributed by atoms with Gasteiger partial charge in [-0.3, -0.25) is 9.78 Å². The van der Waals surface area contributed by atoms with E-state index in [-0.39, 0.29) is 11.8 Å². The summed E-state index contributed by atoms with van der Waals surface area (Å²) in [5.74, 6) is 1.74. The molecule has 1 saturated heterocycles. The molecule has 2 aliphatic rings. The largest absolute Gasteiger partial charge is 0.347 e. The summed E-state index contributed by atoms with van der Waals surface area (Å²) in [5.41, 5.74) is 1.69. The van der Waals surface area contributed by atoms with Crippen LogP contribution in [0.15, 0.2) is 36.5 Å². The lowest BCUT2D eigenvalue weighted by molar-refractivity contribution is -0.126. The molecule has 3 atom stereocenters. The van der Waals surface area contributed by atoms with Gasteiger partial charge in [0.25, 0.3) is 0 Å². The summed E-state index contributed by atoms with van der Waals surface area (Å²) in [4.78, 5) is 17.3. The monoisotopic (exact) mass is 323 g/mol. The smallest absolute Gasteiger partial charge is 0.223 e. The highest BCUT2D eigenvalue weighted by molar-refractivity contribution is 5.85. The van der Waals surface area contributed by atoms with Crippen molar-refractivity contribution in [2.24, 2.45) is 17.8 Å². The van der Waals surface area contributed by atoms with Gasteiger partial charge in [0.05, 0.1) is 11.1 Å². The fourth-order valence-corrected chi connectivity index (χ4v) is 4.50. The first-order valence-corrected chi connectivity index (χ1v) is 8.91. The van der Waals surface area contributed by atoms with Crippen LogP contribution in [0.25, 0.3) is 10.9 Å². The number of rotatable bonds is 3. The zero-order valence-corrected chi connectivity index (χ0v) is 14.4. The molecule has 2 N–H and O–H groups in total. The van der Waals surface area contributed by atoms with Gasteiger partial charge in [0.2, 0.25) is 5.91 Å². The standard InChI is InChI=1S/C20H25N3O/c1-20(2,17-7-8-22-18-6-4-3-5-16(17)18)23-19(24)13-9-14-11-21-12-15(14)10-13/h3-8,13-15,21H,9-12H2,1-2H3,(H,23,24)/t13?,14-,15+. The van der Waals surface area contributed by atoms with E-state index in [4.69, 9.17) is 0 Å². The second-order valence-corrected chi connectivity index (χ2v) is 7.84. The molecule has 2 heterocycles. The lowest BCUT2D eigenvalue weighted by Gasteiger charge is -2.29. The highest BCUT2D eigenvalue weighted by atomic mass is 16.2. The van der Waals surface area contributed by atoms with Gasteiger partial charge in [0, 0.05) is 17.5 Å². The number of nitrogens with one attached hydrogen (secondary N) is 2. The molecule has 1 aliphatic carbocycles. The molecule has 4 rings (SSSR count). The quantitative estimate of drug-likeness (QED) is 0.913. The Morgan fingerprint density at radius 1 is 1.17 bits per heavy atom. The normalized spacial score (nSPS) is 26.5. The molecule has 1 unspecified atom stereocenters. The van der Waals surface area contributed by atoms with Crippen molar-refractivity contribution in [2.75, 3.05) is 13.1 Å².